The largest absolute Gasteiger partial charge is 0.511 e. The molecule has 1 aliphatic carbocycles. The summed E-state index contributed by atoms with van der Waals surface area (Å²) >= 11 is 0. The van der Waals surface area contributed by atoms with Gasteiger partial charge in [0.05, 0.1) is 40.3 Å². The van der Waals surface area contributed by atoms with Crippen molar-refractivity contribution in [3.63, 3.8) is 0 Å². The third kappa shape index (κ3) is 10.3. The molecule has 0 amide bonds. The van der Waals surface area contributed by atoms with Gasteiger partial charge < -0.3 is 20.3 Å². The van der Waals surface area contributed by atoms with Crippen molar-refractivity contribution in [3.05, 3.63) is 91.5 Å². The molecule has 5 heterocycles. The predicted molar refractivity (Wildman–Crippen MR) is 239 cm³/mol. The first-order valence-electron chi connectivity index (χ1n) is 22.8. The first-order chi connectivity index (χ1) is 28.4. The van der Waals surface area contributed by atoms with Crippen LogP contribution in [0.4, 0.5) is 0 Å². The average Bonchev–Trinajstić information content (AvgIpc) is 3.95. The Morgan fingerprint density at radius 2 is 1.32 bits per heavy atom. The van der Waals surface area contributed by atoms with Crippen LogP contribution in [-0.4, -0.2) is 45.4 Å². The van der Waals surface area contributed by atoms with Gasteiger partial charge >= 0.3 is 11.9 Å². The Morgan fingerprint density at radius 1 is 0.746 bits per heavy atom. The highest BCUT2D eigenvalue weighted by molar-refractivity contribution is 6.21. The summed E-state index contributed by atoms with van der Waals surface area (Å²) in [6.07, 6.45) is 25.2. The fourth-order valence-electron chi connectivity index (χ4n) is 9.42. The second kappa shape index (κ2) is 20.3. The van der Waals surface area contributed by atoms with Crippen LogP contribution in [0.3, 0.4) is 0 Å². The number of esters is 2. The molecule has 9 heteroatoms. The quantitative estimate of drug-likeness (QED) is 0.0637. The fraction of sp³-hybridized carbons (Fsp3) is 0.580. The monoisotopic (exact) mass is 805 g/mol. The van der Waals surface area contributed by atoms with Crippen molar-refractivity contribution in [2.24, 2.45) is 26.8 Å². The molecule has 0 aromatic heterocycles. The second-order valence-corrected chi connectivity index (χ2v) is 17.6. The molecule has 0 spiro atoms. The van der Waals surface area contributed by atoms with Crippen molar-refractivity contribution < 1.29 is 24.5 Å². The number of ether oxygens (including phenoxy) is 1. The van der Waals surface area contributed by atoms with E-state index in [1.54, 1.807) is 6.92 Å². The standard InChI is InChI=1S/C50H68N4O5/c1-8-9-10-11-12-13-14-15-16-17-18-19-20-21-22-23-45(57)59-46(58)25-24-36-32(4)40-28-41-33(5)47(35(7)55)43(52-41)29-39-31(3)30(2)38(51-39)27-42-34(6)48-44(56)26-37(49(36)53-40)50(48)54-42/h27-29,32,35-36,53,55-56H,8-26H2,1-7H3/t32-,35?,36-/m0/s1. The molecule has 5 aliphatic heterocycles. The summed E-state index contributed by atoms with van der Waals surface area (Å²) < 4.78 is 5.34. The van der Waals surface area contributed by atoms with E-state index in [0.29, 0.717) is 18.5 Å². The van der Waals surface area contributed by atoms with E-state index in [4.69, 9.17) is 19.7 Å². The van der Waals surface area contributed by atoms with Gasteiger partial charge in [-0.3, -0.25) is 9.59 Å². The van der Waals surface area contributed by atoms with Gasteiger partial charge in [0.25, 0.3) is 0 Å². The van der Waals surface area contributed by atoms with Crippen molar-refractivity contribution in [2.45, 2.75) is 177 Å². The summed E-state index contributed by atoms with van der Waals surface area (Å²) in [6.45, 7) is 14.2. The van der Waals surface area contributed by atoms with Crippen LogP contribution in [-0.2, 0) is 14.3 Å². The number of rotatable bonds is 20. The molecule has 6 aliphatic rings. The lowest BCUT2D eigenvalue weighted by Gasteiger charge is -2.17. The Balaban J connectivity index is 1.08. The zero-order valence-electron chi connectivity index (χ0n) is 36.9. The molecule has 3 N–H and O–H groups in total. The van der Waals surface area contributed by atoms with Gasteiger partial charge in [0.2, 0.25) is 0 Å². The minimum Gasteiger partial charge on any atom is -0.511 e. The number of aliphatic hydroxyl groups excluding tert-OH is 2. The van der Waals surface area contributed by atoms with E-state index in [-0.39, 0.29) is 30.4 Å². The SMILES string of the molecule is CCCCCCCCCCCCCCCCCC(=O)OC(=O)CC[C@@H]1C2=C3CC(O)=C4C3=NC(=C4C)C=C3N=C(C=C4N=C(C=C(N2)[C@H]1C)C(C)=C4C(C)O)C(C)=C3C. The molecule has 6 rings (SSSR count). The number of carbonyl (C=O) groups excluding carboxylic acids is 2. The van der Waals surface area contributed by atoms with Crippen molar-refractivity contribution in [1.29, 1.82) is 0 Å². The topological polar surface area (TPSA) is 133 Å². The summed E-state index contributed by atoms with van der Waals surface area (Å²) in [5, 5.41) is 26.0. The van der Waals surface area contributed by atoms with E-state index in [9.17, 15) is 19.8 Å². The van der Waals surface area contributed by atoms with Crippen LogP contribution >= 0.6 is 0 Å². The number of fused-ring (bicyclic) bond motifs is 5. The molecule has 1 saturated heterocycles. The molecule has 0 radical (unpaired) electrons. The summed E-state index contributed by atoms with van der Waals surface area (Å²) in [4.78, 5) is 41.0. The van der Waals surface area contributed by atoms with Gasteiger partial charge in [-0.1, -0.05) is 104 Å². The maximum absolute atomic E-state index is 13.1. The molecule has 8 bridgehead atoms. The Morgan fingerprint density at radius 3 is 1.95 bits per heavy atom. The molecular weight excluding hydrogens is 737 g/mol. The number of carbonyl (C=O) groups is 2. The maximum Gasteiger partial charge on any atom is 0.313 e. The van der Waals surface area contributed by atoms with E-state index in [2.05, 4.69) is 19.2 Å². The predicted octanol–water partition coefficient (Wildman–Crippen LogP) is 11.8. The minimum absolute atomic E-state index is 0.0485. The zero-order chi connectivity index (χ0) is 42.2. The van der Waals surface area contributed by atoms with Crippen LogP contribution in [0.1, 0.15) is 170 Å². The fourth-order valence-corrected chi connectivity index (χ4v) is 9.42. The molecule has 0 aromatic rings. The van der Waals surface area contributed by atoms with Crippen molar-refractivity contribution >= 4 is 29.1 Å². The Bertz CT molecular complexity index is 2040. The summed E-state index contributed by atoms with van der Waals surface area (Å²) in [7, 11) is 0. The third-order valence-electron chi connectivity index (χ3n) is 13.2. The lowest BCUT2D eigenvalue weighted by Crippen LogP contribution is -2.17. The van der Waals surface area contributed by atoms with Gasteiger partial charge in [-0.25, -0.2) is 15.0 Å². The summed E-state index contributed by atoms with van der Waals surface area (Å²) in [5.74, 6) is -0.858. The number of aliphatic imine (C=N–C) groups is 3. The number of nitrogens with zero attached hydrogens (tertiary/aromatic N) is 3. The minimum atomic E-state index is -0.734. The third-order valence-corrected chi connectivity index (χ3v) is 13.2. The van der Waals surface area contributed by atoms with E-state index < -0.39 is 18.0 Å². The molecule has 1 unspecified atom stereocenters. The maximum atomic E-state index is 13.1. The highest BCUT2D eigenvalue weighted by Gasteiger charge is 2.41. The zero-order valence-corrected chi connectivity index (χ0v) is 36.9. The van der Waals surface area contributed by atoms with Crippen LogP contribution in [0.2, 0.25) is 0 Å². The van der Waals surface area contributed by atoms with Gasteiger partial charge in [0.15, 0.2) is 0 Å². The Labute approximate surface area is 352 Å². The number of nitrogens with one attached hydrogen (secondary N) is 1. The Hall–Kier alpha value is -4.37. The van der Waals surface area contributed by atoms with Crippen LogP contribution < -0.4 is 5.32 Å². The number of hydrogen-bond acceptors (Lipinski definition) is 9. The van der Waals surface area contributed by atoms with Crippen LogP contribution in [0.25, 0.3) is 0 Å². The molecule has 59 heavy (non-hydrogen) atoms. The molecule has 0 saturated carbocycles. The van der Waals surface area contributed by atoms with Crippen LogP contribution in [0.5, 0.6) is 0 Å². The Kier molecular flexibility index (Phi) is 15.2. The highest BCUT2D eigenvalue weighted by Crippen LogP contribution is 2.46. The average molecular weight is 805 g/mol. The van der Waals surface area contributed by atoms with Gasteiger partial charge in [-0.05, 0) is 88.0 Å². The molecule has 0 aromatic carbocycles. The number of hydrogen-bond donors (Lipinski definition) is 3. The first-order valence-corrected chi connectivity index (χ1v) is 22.8. The summed E-state index contributed by atoms with van der Waals surface area (Å²) in [6, 6.07) is 0. The van der Waals surface area contributed by atoms with E-state index in [0.717, 1.165) is 98.2 Å². The van der Waals surface area contributed by atoms with E-state index in [1.807, 2.05) is 45.9 Å². The van der Waals surface area contributed by atoms with E-state index >= 15 is 0 Å². The molecule has 318 valence electrons. The number of aliphatic hydroxyl groups is 2. The molecular formula is C50H68N4O5. The second-order valence-electron chi connectivity index (χ2n) is 17.6. The normalized spacial score (nSPS) is 21.6. The van der Waals surface area contributed by atoms with Crippen LogP contribution in [0.15, 0.2) is 106 Å². The summed E-state index contributed by atoms with van der Waals surface area (Å²) in [5.41, 5.74) is 12.7. The van der Waals surface area contributed by atoms with Gasteiger partial charge in [0, 0.05) is 59.2 Å². The lowest BCUT2D eigenvalue weighted by atomic mass is 9.86. The molecule has 3 atom stereocenters. The van der Waals surface area contributed by atoms with Crippen molar-refractivity contribution in [3.8, 4) is 0 Å². The highest BCUT2D eigenvalue weighted by atomic mass is 16.6. The van der Waals surface area contributed by atoms with Gasteiger partial charge in [-0.15, -0.1) is 0 Å². The molecule has 9 nitrogen and oxygen atoms in total. The van der Waals surface area contributed by atoms with Crippen molar-refractivity contribution in [2.75, 3.05) is 0 Å². The van der Waals surface area contributed by atoms with Gasteiger partial charge in [0.1, 0.15) is 5.76 Å². The number of unbranched alkanes of at least 4 members (excludes halogenated alkanes) is 14. The van der Waals surface area contributed by atoms with Crippen LogP contribution in [0, 0.1) is 11.8 Å². The first kappa shape index (κ1) is 44.2. The lowest BCUT2D eigenvalue weighted by molar-refractivity contribution is -0.159. The molecule has 1 fully saturated rings. The van der Waals surface area contributed by atoms with Crippen molar-refractivity contribution in [1.82, 2.24) is 5.32 Å². The smallest absolute Gasteiger partial charge is 0.313 e. The number of allylic oxidation sites excluding steroid dienone is 11. The van der Waals surface area contributed by atoms with E-state index in [1.165, 1.54) is 77.0 Å². The van der Waals surface area contributed by atoms with Gasteiger partial charge in [-0.2, -0.15) is 0 Å².